The van der Waals surface area contributed by atoms with Gasteiger partial charge < -0.3 is 10.4 Å². The molecule has 14 heavy (non-hydrogen) atoms. The minimum atomic E-state index is -1.04. The summed E-state index contributed by atoms with van der Waals surface area (Å²) < 4.78 is 0. The van der Waals surface area contributed by atoms with Crippen molar-refractivity contribution in [2.45, 2.75) is 32.6 Å². The Balaban J connectivity index is 2.77. The average Bonchev–Trinajstić information content (AvgIpc) is 2.15. The Morgan fingerprint density at radius 3 is 2.50 bits per heavy atom. The van der Waals surface area contributed by atoms with E-state index in [1.54, 1.807) is 0 Å². The molecule has 0 atom stereocenters. The monoisotopic (exact) mass is 197 g/mol. The molecule has 4 heteroatoms. The van der Waals surface area contributed by atoms with E-state index in [1.807, 2.05) is 0 Å². The Bertz CT molecular complexity index is 261. The van der Waals surface area contributed by atoms with E-state index in [1.165, 1.54) is 0 Å². The number of carboxylic acid groups (broad SMARTS) is 1. The molecule has 0 aromatic carbocycles. The maximum Gasteiger partial charge on any atom is 0.352 e. The molecule has 1 aliphatic rings. The molecule has 0 aromatic rings. The SMILES string of the molecule is CC1CCC(=C(NC=O)C(=O)O)CC1. The Morgan fingerprint density at radius 1 is 1.50 bits per heavy atom. The van der Waals surface area contributed by atoms with Gasteiger partial charge in [-0.1, -0.05) is 6.92 Å². The molecule has 78 valence electrons. The summed E-state index contributed by atoms with van der Waals surface area (Å²) >= 11 is 0. The van der Waals surface area contributed by atoms with E-state index in [4.69, 9.17) is 5.11 Å². The summed E-state index contributed by atoms with van der Waals surface area (Å²) in [6, 6.07) is 0. The van der Waals surface area contributed by atoms with Crippen LogP contribution in [-0.2, 0) is 9.59 Å². The molecule has 0 spiro atoms. The van der Waals surface area contributed by atoms with Crippen molar-refractivity contribution in [3.8, 4) is 0 Å². The molecule has 0 bridgehead atoms. The number of rotatable bonds is 3. The number of nitrogens with one attached hydrogen (secondary N) is 1. The topological polar surface area (TPSA) is 66.4 Å². The highest BCUT2D eigenvalue weighted by Gasteiger charge is 2.19. The first-order valence-corrected chi connectivity index (χ1v) is 4.80. The number of amides is 1. The van der Waals surface area contributed by atoms with Crippen molar-refractivity contribution < 1.29 is 14.7 Å². The second-order valence-corrected chi connectivity index (χ2v) is 3.73. The molecule has 1 amide bonds. The zero-order chi connectivity index (χ0) is 10.6. The molecule has 0 radical (unpaired) electrons. The van der Waals surface area contributed by atoms with E-state index in [-0.39, 0.29) is 5.70 Å². The summed E-state index contributed by atoms with van der Waals surface area (Å²) in [6.07, 6.45) is 4.00. The normalized spacial score (nSPS) is 21.5. The number of carboxylic acids is 1. The van der Waals surface area contributed by atoms with Gasteiger partial charge in [0.25, 0.3) is 0 Å². The second kappa shape index (κ2) is 4.79. The summed E-state index contributed by atoms with van der Waals surface area (Å²) in [5.74, 6) is -0.383. The van der Waals surface area contributed by atoms with E-state index < -0.39 is 5.97 Å². The Kier molecular flexibility index (Phi) is 3.68. The Hall–Kier alpha value is -1.32. The van der Waals surface area contributed by atoms with Gasteiger partial charge >= 0.3 is 5.97 Å². The first-order valence-electron chi connectivity index (χ1n) is 4.80. The van der Waals surface area contributed by atoms with Crippen LogP contribution < -0.4 is 5.32 Å². The first-order chi connectivity index (χ1) is 6.65. The van der Waals surface area contributed by atoms with Crippen molar-refractivity contribution in [2.24, 2.45) is 5.92 Å². The number of aliphatic carboxylic acids is 1. The van der Waals surface area contributed by atoms with Gasteiger partial charge in [0.2, 0.25) is 6.41 Å². The van der Waals surface area contributed by atoms with Crippen LogP contribution in [0.2, 0.25) is 0 Å². The predicted octanol–water partition coefficient (Wildman–Crippen LogP) is 1.28. The van der Waals surface area contributed by atoms with Crippen LogP contribution in [0.1, 0.15) is 32.6 Å². The van der Waals surface area contributed by atoms with Gasteiger partial charge in [0.1, 0.15) is 5.70 Å². The van der Waals surface area contributed by atoms with Crippen LogP contribution in [0.3, 0.4) is 0 Å². The van der Waals surface area contributed by atoms with Crippen molar-refractivity contribution >= 4 is 12.4 Å². The van der Waals surface area contributed by atoms with Crippen LogP contribution in [0.15, 0.2) is 11.3 Å². The fraction of sp³-hybridized carbons (Fsp3) is 0.600. The zero-order valence-corrected chi connectivity index (χ0v) is 8.25. The van der Waals surface area contributed by atoms with E-state index >= 15 is 0 Å². The molecule has 1 rings (SSSR count). The average molecular weight is 197 g/mol. The molecule has 4 nitrogen and oxygen atoms in total. The number of carbonyl (C=O) groups is 2. The van der Waals surface area contributed by atoms with Crippen LogP contribution >= 0.6 is 0 Å². The summed E-state index contributed by atoms with van der Waals surface area (Å²) in [4.78, 5) is 21.0. The molecule has 0 aromatic heterocycles. The lowest BCUT2D eigenvalue weighted by molar-refractivity contribution is -0.133. The van der Waals surface area contributed by atoms with Gasteiger partial charge in [0, 0.05) is 0 Å². The lowest BCUT2D eigenvalue weighted by Gasteiger charge is -2.21. The number of hydrogen-bond donors (Lipinski definition) is 2. The summed E-state index contributed by atoms with van der Waals surface area (Å²) in [5.41, 5.74) is 0.939. The lowest BCUT2D eigenvalue weighted by Crippen LogP contribution is -2.22. The van der Waals surface area contributed by atoms with E-state index in [0.29, 0.717) is 12.3 Å². The predicted molar refractivity (Wildman–Crippen MR) is 51.5 cm³/mol. The molecule has 0 unspecified atom stereocenters. The number of hydrogen-bond acceptors (Lipinski definition) is 2. The fourth-order valence-electron chi connectivity index (χ4n) is 1.73. The Morgan fingerprint density at radius 2 is 2.07 bits per heavy atom. The fourth-order valence-corrected chi connectivity index (χ4v) is 1.73. The quantitative estimate of drug-likeness (QED) is 0.529. The third kappa shape index (κ3) is 2.58. The highest BCUT2D eigenvalue weighted by molar-refractivity contribution is 5.89. The molecular formula is C10H15NO3. The number of allylic oxidation sites excluding steroid dienone is 1. The largest absolute Gasteiger partial charge is 0.477 e. The second-order valence-electron chi connectivity index (χ2n) is 3.73. The zero-order valence-electron chi connectivity index (χ0n) is 8.25. The highest BCUT2D eigenvalue weighted by atomic mass is 16.4. The van der Waals surface area contributed by atoms with Crippen LogP contribution in [0.5, 0.6) is 0 Å². The summed E-state index contributed by atoms with van der Waals surface area (Å²) in [6.45, 7) is 2.16. The van der Waals surface area contributed by atoms with Crippen LogP contribution in [0.4, 0.5) is 0 Å². The molecule has 0 aliphatic heterocycles. The first kappa shape index (κ1) is 10.8. The molecule has 1 fully saturated rings. The summed E-state index contributed by atoms with van der Waals surface area (Å²) in [5, 5.41) is 11.1. The van der Waals surface area contributed by atoms with E-state index in [9.17, 15) is 9.59 Å². The van der Waals surface area contributed by atoms with Gasteiger partial charge in [-0.15, -0.1) is 0 Å². The maximum absolute atomic E-state index is 10.8. The van der Waals surface area contributed by atoms with Crippen molar-refractivity contribution in [3.05, 3.63) is 11.3 Å². The van der Waals surface area contributed by atoms with Gasteiger partial charge in [-0.2, -0.15) is 0 Å². The summed E-state index contributed by atoms with van der Waals surface area (Å²) in [7, 11) is 0. The van der Waals surface area contributed by atoms with Crippen molar-refractivity contribution in [1.29, 1.82) is 0 Å². The van der Waals surface area contributed by atoms with Gasteiger partial charge in [-0.25, -0.2) is 4.79 Å². The maximum atomic E-state index is 10.8. The molecule has 0 heterocycles. The Labute approximate surface area is 83.0 Å². The highest BCUT2D eigenvalue weighted by Crippen LogP contribution is 2.29. The van der Waals surface area contributed by atoms with Gasteiger partial charge in [-0.3, -0.25) is 4.79 Å². The van der Waals surface area contributed by atoms with Crippen LogP contribution in [0.25, 0.3) is 0 Å². The van der Waals surface area contributed by atoms with Gasteiger partial charge in [0.05, 0.1) is 0 Å². The van der Waals surface area contributed by atoms with E-state index in [0.717, 1.165) is 31.3 Å². The van der Waals surface area contributed by atoms with E-state index in [2.05, 4.69) is 12.2 Å². The third-order valence-electron chi connectivity index (χ3n) is 2.65. The van der Waals surface area contributed by atoms with Crippen molar-refractivity contribution in [1.82, 2.24) is 5.32 Å². The minimum Gasteiger partial charge on any atom is -0.477 e. The third-order valence-corrected chi connectivity index (χ3v) is 2.65. The standard InChI is InChI=1S/C10H15NO3/c1-7-2-4-8(5-3-7)9(10(13)14)11-6-12/h6-7H,2-5H2,1H3,(H,11,12)(H,13,14). The van der Waals surface area contributed by atoms with Crippen molar-refractivity contribution in [2.75, 3.05) is 0 Å². The number of carbonyl (C=O) groups excluding carboxylic acids is 1. The van der Waals surface area contributed by atoms with Crippen LogP contribution in [-0.4, -0.2) is 17.5 Å². The lowest BCUT2D eigenvalue weighted by atomic mass is 9.86. The molecular weight excluding hydrogens is 182 g/mol. The van der Waals surface area contributed by atoms with Crippen LogP contribution in [0, 0.1) is 5.92 Å². The molecule has 1 aliphatic carbocycles. The minimum absolute atomic E-state index is 0.0758. The van der Waals surface area contributed by atoms with Crippen molar-refractivity contribution in [3.63, 3.8) is 0 Å². The van der Waals surface area contributed by atoms with Gasteiger partial charge in [-0.05, 0) is 37.2 Å². The molecule has 2 N–H and O–H groups in total. The van der Waals surface area contributed by atoms with Gasteiger partial charge in [0.15, 0.2) is 0 Å². The molecule has 0 saturated heterocycles. The molecule has 1 saturated carbocycles. The smallest absolute Gasteiger partial charge is 0.352 e.